The van der Waals surface area contributed by atoms with Gasteiger partial charge in [0.2, 0.25) is 0 Å². The number of unbranched alkanes of at least 4 members (excludes halogenated alkanes) is 45. The lowest BCUT2D eigenvalue weighted by Crippen LogP contribution is -2.30. The van der Waals surface area contributed by atoms with Crippen molar-refractivity contribution >= 4 is 39.5 Å². The van der Waals surface area contributed by atoms with Crippen LogP contribution in [0, 0.1) is 11.8 Å². The maximum atomic E-state index is 13.1. The van der Waals surface area contributed by atoms with Crippen molar-refractivity contribution in [1.29, 1.82) is 0 Å². The van der Waals surface area contributed by atoms with Crippen LogP contribution in [0.4, 0.5) is 0 Å². The zero-order valence-electron chi connectivity index (χ0n) is 62.7. The van der Waals surface area contributed by atoms with Gasteiger partial charge in [-0.05, 0) is 37.5 Å². The summed E-state index contributed by atoms with van der Waals surface area (Å²) in [5.41, 5.74) is 0. The standard InChI is InChI=1S/C77H150O17P2/c1-7-10-12-14-16-18-20-22-23-24-27-31-35-42-48-54-60-75(80)87-65-72(93-76(81)61-55-49-43-36-32-28-25-26-29-33-39-45-51-57-69(4)5)67-91-95(83,84)89-63-71(78)64-90-96(85,86)92-68-73(94-77(82)62-56-50-44-38-37-40-46-52-58-70(6)9-3)66-88-74(79)59-53-47-41-34-30-21-19-17-15-13-11-8-2/h69-73,78H,7-68H2,1-6H3,(H,83,84)(H,85,86)/t70?,71-,72-,73-/m1/s1. The molecule has 6 atom stereocenters. The molecule has 0 aliphatic carbocycles. The third kappa shape index (κ3) is 69.2. The Labute approximate surface area is 588 Å². The monoisotopic (exact) mass is 1410 g/mol. The third-order valence-electron chi connectivity index (χ3n) is 18.3. The van der Waals surface area contributed by atoms with E-state index in [0.717, 1.165) is 102 Å². The molecule has 0 bridgehead atoms. The zero-order valence-corrected chi connectivity index (χ0v) is 64.5. The van der Waals surface area contributed by atoms with Crippen molar-refractivity contribution in [3.63, 3.8) is 0 Å². The summed E-state index contributed by atoms with van der Waals surface area (Å²) in [5, 5.41) is 10.6. The molecule has 0 amide bonds. The molecule has 0 heterocycles. The van der Waals surface area contributed by atoms with E-state index in [1.807, 2.05) is 0 Å². The summed E-state index contributed by atoms with van der Waals surface area (Å²) in [6.07, 6.45) is 56.7. The molecular formula is C77H150O17P2. The lowest BCUT2D eigenvalue weighted by atomic mass is 9.99. The summed E-state index contributed by atoms with van der Waals surface area (Å²) in [5.74, 6) is -0.557. The Balaban J connectivity index is 5.26. The van der Waals surface area contributed by atoms with Crippen molar-refractivity contribution in [2.24, 2.45) is 11.8 Å². The fourth-order valence-corrected chi connectivity index (χ4v) is 13.4. The van der Waals surface area contributed by atoms with Gasteiger partial charge in [-0.2, -0.15) is 0 Å². The zero-order chi connectivity index (χ0) is 70.7. The Morgan fingerprint density at radius 2 is 0.531 bits per heavy atom. The normalized spacial score (nSPS) is 14.3. The number of ether oxygens (including phenoxy) is 4. The van der Waals surface area contributed by atoms with E-state index in [1.165, 1.54) is 218 Å². The number of carbonyl (C=O) groups excluding carboxylic acids is 4. The number of aliphatic hydroxyl groups excluding tert-OH is 1. The summed E-state index contributed by atoms with van der Waals surface area (Å²) >= 11 is 0. The SMILES string of the molecule is CCCCCCCCCCCCCCCCCCC(=O)OC[C@H](COP(=O)(O)OC[C@@H](O)COP(=O)(O)OC[C@@H](COC(=O)CCCCCCCCCCCCCC)OC(=O)CCCCCCCCCCC(C)CC)OC(=O)CCCCCCCCCCCCCCCC(C)C. The minimum absolute atomic E-state index is 0.105. The topological polar surface area (TPSA) is 237 Å². The fraction of sp³-hybridized carbons (Fsp3) is 0.948. The molecule has 0 aliphatic heterocycles. The first kappa shape index (κ1) is 94.1. The number of phosphoric ester groups is 2. The van der Waals surface area contributed by atoms with Crippen LogP contribution in [-0.4, -0.2) is 96.7 Å². The predicted octanol–water partition coefficient (Wildman–Crippen LogP) is 22.7. The average Bonchev–Trinajstić information content (AvgIpc) is 1.17. The van der Waals surface area contributed by atoms with E-state index in [9.17, 15) is 43.2 Å². The molecule has 0 aliphatic rings. The number of phosphoric acid groups is 2. The molecule has 3 N–H and O–H groups in total. The molecule has 19 heteroatoms. The van der Waals surface area contributed by atoms with E-state index in [0.29, 0.717) is 25.7 Å². The van der Waals surface area contributed by atoms with Gasteiger partial charge in [0, 0.05) is 25.7 Å². The van der Waals surface area contributed by atoms with Crippen molar-refractivity contribution in [3.8, 4) is 0 Å². The lowest BCUT2D eigenvalue weighted by molar-refractivity contribution is -0.161. The van der Waals surface area contributed by atoms with Gasteiger partial charge in [-0.25, -0.2) is 9.13 Å². The Hall–Kier alpha value is -1.94. The highest BCUT2D eigenvalue weighted by Crippen LogP contribution is 2.45. The van der Waals surface area contributed by atoms with Gasteiger partial charge in [0.15, 0.2) is 12.2 Å². The van der Waals surface area contributed by atoms with Gasteiger partial charge in [-0.3, -0.25) is 37.3 Å². The van der Waals surface area contributed by atoms with Crippen LogP contribution in [0.2, 0.25) is 0 Å². The molecule has 0 aromatic rings. The summed E-state index contributed by atoms with van der Waals surface area (Å²) in [6, 6.07) is 0. The summed E-state index contributed by atoms with van der Waals surface area (Å²) in [6.45, 7) is 9.62. The first-order chi connectivity index (χ1) is 46.4. The number of esters is 4. The van der Waals surface area contributed by atoms with E-state index in [-0.39, 0.29) is 25.7 Å². The van der Waals surface area contributed by atoms with Gasteiger partial charge >= 0.3 is 39.5 Å². The highest BCUT2D eigenvalue weighted by atomic mass is 31.2. The second-order valence-electron chi connectivity index (χ2n) is 28.5. The lowest BCUT2D eigenvalue weighted by Gasteiger charge is -2.21. The molecule has 0 spiro atoms. The van der Waals surface area contributed by atoms with Crippen LogP contribution in [0.15, 0.2) is 0 Å². The number of rotatable bonds is 76. The molecule has 17 nitrogen and oxygen atoms in total. The number of aliphatic hydroxyl groups is 1. The highest BCUT2D eigenvalue weighted by Gasteiger charge is 2.30. The molecule has 96 heavy (non-hydrogen) atoms. The molecule has 0 rings (SSSR count). The minimum Gasteiger partial charge on any atom is -0.462 e. The predicted molar refractivity (Wildman–Crippen MR) is 391 cm³/mol. The number of hydrogen-bond donors (Lipinski definition) is 3. The van der Waals surface area contributed by atoms with Gasteiger partial charge in [-0.15, -0.1) is 0 Å². The van der Waals surface area contributed by atoms with Gasteiger partial charge in [-0.1, -0.05) is 350 Å². The van der Waals surface area contributed by atoms with Crippen molar-refractivity contribution in [2.45, 2.75) is 419 Å². The average molecular weight is 1410 g/mol. The number of carbonyl (C=O) groups is 4. The Kier molecular flexibility index (Phi) is 67.4. The van der Waals surface area contributed by atoms with E-state index < -0.39 is 97.5 Å². The van der Waals surface area contributed by atoms with Crippen LogP contribution in [0.5, 0.6) is 0 Å². The van der Waals surface area contributed by atoms with Crippen molar-refractivity contribution in [2.75, 3.05) is 39.6 Å². The molecule has 3 unspecified atom stereocenters. The molecular weight excluding hydrogens is 1260 g/mol. The van der Waals surface area contributed by atoms with Gasteiger partial charge < -0.3 is 33.8 Å². The molecule has 0 saturated carbocycles. The fourth-order valence-electron chi connectivity index (χ4n) is 11.8. The second kappa shape index (κ2) is 68.8. The highest BCUT2D eigenvalue weighted by molar-refractivity contribution is 7.47. The van der Waals surface area contributed by atoms with Crippen LogP contribution < -0.4 is 0 Å². The Morgan fingerprint density at radius 3 is 0.792 bits per heavy atom. The minimum atomic E-state index is -4.96. The quantitative estimate of drug-likeness (QED) is 0.0222. The van der Waals surface area contributed by atoms with Gasteiger partial charge in [0.05, 0.1) is 26.4 Å². The maximum absolute atomic E-state index is 13.1. The molecule has 0 aromatic carbocycles. The maximum Gasteiger partial charge on any atom is 0.472 e. The third-order valence-corrected chi connectivity index (χ3v) is 20.2. The smallest absolute Gasteiger partial charge is 0.462 e. The van der Waals surface area contributed by atoms with Crippen LogP contribution in [0.3, 0.4) is 0 Å². The summed E-state index contributed by atoms with van der Waals surface area (Å²) in [7, 11) is -9.91. The summed E-state index contributed by atoms with van der Waals surface area (Å²) < 4.78 is 68.6. The van der Waals surface area contributed by atoms with E-state index in [2.05, 4.69) is 41.5 Å². The Morgan fingerprint density at radius 1 is 0.302 bits per heavy atom. The van der Waals surface area contributed by atoms with Gasteiger partial charge in [0.1, 0.15) is 19.3 Å². The second-order valence-corrected chi connectivity index (χ2v) is 31.4. The molecule has 0 saturated heterocycles. The molecule has 0 fully saturated rings. The molecule has 570 valence electrons. The van der Waals surface area contributed by atoms with E-state index in [4.69, 9.17) is 37.0 Å². The van der Waals surface area contributed by atoms with Crippen LogP contribution >= 0.6 is 15.6 Å². The van der Waals surface area contributed by atoms with Gasteiger partial charge in [0.25, 0.3) is 0 Å². The summed E-state index contributed by atoms with van der Waals surface area (Å²) in [4.78, 5) is 72.9. The van der Waals surface area contributed by atoms with Crippen LogP contribution in [0.1, 0.15) is 401 Å². The van der Waals surface area contributed by atoms with Crippen LogP contribution in [0.25, 0.3) is 0 Å². The van der Waals surface area contributed by atoms with Crippen molar-refractivity contribution in [3.05, 3.63) is 0 Å². The van der Waals surface area contributed by atoms with Crippen molar-refractivity contribution in [1.82, 2.24) is 0 Å². The molecule has 0 radical (unpaired) electrons. The first-order valence-electron chi connectivity index (χ1n) is 40.0. The number of hydrogen-bond acceptors (Lipinski definition) is 15. The Bertz CT molecular complexity index is 1860. The van der Waals surface area contributed by atoms with Crippen molar-refractivity contribution < 1.29 is 80.2 Å². The van der Waals surface area contributed by atoms with Crippen LogP contribution in [-0.2, 0) is 65.4 Å². The molecule has 0 aromatic heterocycles. The van der Waals surface area contributed by atoms with E-state index in [1.54, 1.807) is 0 Å². The first-order valence-corrected chi connectivity index (χ1v) is 43.0. The van der Waals surface area contributed by atoms with E-state index >= 15 is 0 Å². The largest absolute Gasteiger partial charge is 0.472 e.